The van der Waals surface area contributed by atoms with Crippen molar-refractivity contribution in [3.8, 4) is 0 Å². The summed E-state index contributed by atoms with van der Waals surface area (Å²) >= 11 is 0. The normalized spacial score (nSPS) is 32.4. The van der Waals surface area contributed by atoms with E-state index in [1.807, 2.05) is 0 Å². The first-order chi connectivity index (χ1) is 16.1. The second-order valence-corrected chi connectivity index (χ2v) is 10.3. The largest absolute Gasteiger partial charge is 0.380 e. The van der Waals surface area contributed by atoms with E-state index < -0.39 is 28.9 Å². The van der Waals surface area contributed by atoms with Crippen molar-refractivity contribution in [2.24, 2.45) is 23.7 Å². The summed E-state index contributed by atoms with van der Waals surface area (Å²) < 4.78 is 91.8. The zero-order chi connectivity index (χ0) is 23.9. The Balaban J connectivity index is 1.71. The van der Waals surface area contributed by atoms with Gasteiger partial charge in [-0.3, -0.25) is 0 Å². The Morgan fingerprint density at radius 1 is 0.618 bits per heavy atom. The molecule has 2 aromatic rings. The summed E-state index contributed by atoms with van der Waals surface area (Å²) in [4.78, 5) is 0. The lowest BCUT2D eigenvalue weighted by Crippen LogP contribution is -2.49. The van der Waals surface area contributed by atoms with Gasteiger partial charge in [-0.15, -0.1) is 0 Å². The van der Waals surface area contributed by atoms with Crippen molar-refractivity contribution in [2.45, 2.75) is 49.9 Å². The summed E-state index contributed by atoms with van der Waals surface area (Å²) in [7, 11) is 0. The Labute approximate surface area is 194 Å². The molecule has 0 atom stereocenters. The van der Waals surface area contributed by atoms with Crippen molar-refractivity contribution in [3.05, 3.63) is 82.9 Å². The van der Waals surface area contributed by atoms with Crippen LogP contribution in [0.4, 0.5) is 26.3 Å². The molecule has 4 bridgehead atoms. The molecule has 0 unspecified atom stereocenters. The zero-order valence-electron chi connectivity index (χ0n) is 18.4. The highest BCUT2D eigenvalue weighted by molar-refractivity contribution is 5.97. The Morgan fingerprint density at radius 3 is 1.65 bits per heavy atom. The Bertz CT molecular complexity index is 1150. The predicted molar refractivity (Wildman–Crippen MR) is 119 cm³/mol. The molecule has 4 fully saturated rings. The SMILES string of the molecule is FC1(F)C(C(=C2C3CC4CC(C3)CC2C4)c2ccccc2)=C(c2ccccc2)C(F)(F)C1(F)F. The summed E-state index contributed by atoms with van der Waals surface area (Å²) in [5.41, 5.74) is -1.81. The summed E-state index contributed by atoms with van der Waals surface area (Å²) in [6.45, 7) is 0. The molecule has 5 aliphatic rings. The molecule has 0 heterocycles. The van der Waals surface area contributed by atoms with E-state index in [4.69, 9.17) is 0 Å². The molecule has 2 aromatic carbocycles. The molecule has 0 radical (unpaired) electrons. The minimum atomic E-state index is -5.53. The van der Waals surface area contributed by atoms with E-state index in [0.29, 0.717) is 23.0 Å². The van der Waals surface area contributed by atoms with Crippen LogP contribution < -0.4 is 0 Å². The van der Waals surface area contributed by atoms with Crippen molar-refractivity contribution < 1.29 is 26.3 Å². The average Bonchev–Trinajstić information content (AvgIpc) is 2.90. The van der Waals surface area contributed by atoms with Gasteiger partial charge >= 0.3 is 17.8 Å². The standard InChI is InChI=1S/C28H24F6/c29-26(30)24(19-9-5-2-6-10-19)25(27(31,32)28(26,33)34)23(18-7-3-1-4-8-18)22-20-12-16-11-17(14-20)15-21(22)13-16/h1-10,16-17,20-21H,11-15H2. The monoisotopic (exact) mass is 474 g/mol. The number of benzene rings is 2. The molecule has 0 spiro atoms. The molecule has 0 nitrogen and oxygen atoms in total. The lowest BCUT2D eigenvalue weighted by molar-refractivity contribution is -0.258. The number of alkyl halides is 6. The van der Waals surface area contributed by atoms with E-state index in [-0.39, 0.29) is 23.0 Å². The first-order valence-corrected chi connectivity index (χ1v) is 11.9. The topological polar surface area (TPSA) is 0 Å². The maximum absolute atomic E-state index is 15.6. The van der Waals surface area contributed by atoms with Gasteiger partial charge in [-0.1, -0.05) is 66.2 Å². The molecule has 4 saturated carbocycles. The molecule has 0 aliphatic heterocycles. The molecule has 6 heteroatoms. The van der Waals surface area contributed by atoms with Crippen LogP contribution in [0.1, 0.15) is 43.2 Å². The van der Waals surface area contributed by atoms with Gasteiger partial charge in [0, 0.05) is 11.1 Å². The maximum Gasteiger partial charge on any atom is 0.380 e. The number of halogens is 6. The van der Waals surface area contributed by atoms with Gasteiger partial charge in [0.2, 0.25) is 0 Å². The second-order valence-electron chi connectivity index (χ2n) is 10.3. The van der Waals surface area contributed by atoms with Crippen LogP contribution in [-0.2, 0) is 0 Å². The first kappa shape index (κ1) is 22.0. The Morgan fingerprint density at radius 2 is 1.12 bits per heavy atom. The summed E-state index contributed by atoms with van der Waals surface area (Å²) in [5.74, 6) is -14.6. The zero-order valence-corrected chi connectivity index (χ0v) is 18.4. The fourth-order valence-corrected chi connectivity index (χ4v) is 7.20. The van der Waals surface area contributed by atoms with Crippen LogP contribution in [0.15, 0.2) is 71.8 Å². The average molecular weight is 474 g/mol. The van der Waals surface area contributed by atoms with E-state index in [1.165, 1.54) is 24.3 Å². The molecular weight excluding hydrogens is 450 g/mol. The van der Waals surface area contributed by atoms with Gasteiger partial charge in [0.1, 0.15) is 0 Å². The lowest BCUT2D eigenvalue weighted by atomic mass is 9.53. The minimum Gasteiger partial charge on any atom is -0.194 e. The summed E-state index contributed by atoms with van der Waals surface area (Å²) in [6.07, 6.45) is 4.36. The number of hydrogen-bond donors (Lipinski definition) is 0. The van der Waals surface area contributed by atoms with Gasteiger partial charge in [0.05, 0.1) is 0 Å². The Hall–Kier alpha value is -2.50. The van der Waals surface area contributed by atoms with E-state index >= 15 is 17.6 Å². The van der Waals surface area contributed by atoms with Crippen LogP contribution in [0.25, 0.3) is 11.1 Å². The number of allylic oxidation sites excluding steroid dienone is 4. The van der Waals surface area contributed by atoms with Crippen LogP contribution >= 0.6 is 0 Å². The van der Waals surface area contributed by atoms with Crippen molar-refractivity contribution in [1.82, 2.24) is 0 Å². The molecule has 0 aromatic heterocycles. The fourth-order valence-electron chi connectivity index (χ4n) is 7.20. The molecular formula is C28H24F6. The second kappa shape index (κ2) is 7.25. The van der Waals surface area contributed by atoms with Crippen LogP contribution in [0.3, 0.4) is 0 Å². The van der Waals surface area contributed by atoms with Crippen molar-refractivity contribution in [3.63, 3.8) is 0 Å². The van der Waals surface area contributed by atoms with Gasteiger partial charge in [0.15, 0.2) is 0 Å². The van der Waals surface area contributed by atoms with E-state index in [9.17, 15) is 8.78 Å². The lowest BCUT2D eigenvalue weighted by Gasteiger charge is -2.52. The first-order valence-electron chi connectivity index (χ1n) is 11.9. The minimum absolute atomic E-state index is 0.0328. The third kappa shape index (κ3) is 2.86. The third-order valence-electron chi connectivity index (χ3n) is 8.35. The molecule has 0 N–H and O–H groups in total. The molecule has 5 aliphatic carbocycles. The van der Waals surface area contributed by atoms with E-state index in [0.717, 1.165) is 32.1 Å². The quantitative estimate of drug-likeness (QED) is 0.393. The van der Waals surface area contributed by atoms with Crippen molar-refractivity contribution >= 4 is 11.1 Å². The van der Waals surface area contributed by atoms with Crippen molar-refractivity contribution in [2.75, 3.05) is 0 Å². The van der Waals surface area contributed by atoms with Crippen LogP contribution in [0.2, 0.25) is 0 Å². The molecule has 34 heavy (non-hydrogen) atoms. The number of hydrogen-bond acceptors (Lipinski definition) is 0. The predicted octanol–water partition coefficient (Wildman–Crippen LogP) is 8.27. The van der Waals surface area contributed by atoms with Gasteiger partial charge in [-0.25, -0.2) is 0 Å². The van der Waals surface area contributed by atoms with Gasteiger partial charge in [-0.05, 0) is 72.5 Å². The third-order valence-corrected chi connectivity index (χ3v) is 8.35. The fraction of sp³-hybridized carbons (Fsp3) is 0.429. The van der Waals surface area contributed by atoms with E-state index in [1.54, 1.807) is 36.4 Å². The molecule has 0 amide bonds. The highest BCUT2D eigenvalue weighted by Gasteiger charge is 2.80. The number of rotatable bonds is 3. The van der Waals surface area contributed by atoms with Gasteiger partial charge < -0.3 is 0 Å². The molecule has 0 saturated heterocycles. The molecule has 7 rings (SSSR count). The van der Waals surface area contributed by atoms with Crippen LogP contribution in [-0.4, -0.2) is 17.8 Å². The smallest absolute Gasteiger partial charge is 0.194 e. The highest BCUT2D eigenvalue weighted by Crippen LogP contribution is 2.67. The van der Waals surface area contributed by atoms with E-state index in [2.05, 4.69) is 0 Å². The summed E-state index contributed by atoms with van der Waals surface area (Å²) in [5, 5.41) is 0. The van der Waals surface area contributed by atoms with Crippen molar-refractivity contribution in [1.29, 1.82) is 0 Å². The highest BCUT2D eigenvalue weighted by atomic mass is 19.3. The molecule has 178 valence electrons. The van der Waals surface area contributed by atoms with Crippen LogP contribution in [0, 0.1) is 23.7 Å². The Kier molecular flexibility index (Phi) is 4.69. The van der Waals surface area contributed by atoms with Gasteiger partial charge in [-0.2, -0.15) is 26.3 Å². The summed E-state index contributed by atoms with van der Waals surface area (Å²) in [6, 6.07) is 14.9. The van der Waals surface area contributed by atoms with Crippen LogP contribution in [0.5, 0.6) is 0 Å². The maximum atomic E-state index is 15.6. The van der Waals surface area contributed by atoms with Gasteiger partial charge in [0.25, 0.3) is 0 Å².